The molecule has 86 valence electrons. The predicted octanol–water partition coefficient (Wildman–Crippen LogP) is 2.86. The molecule has 0 aliphatic carbocycles. The topological polar surface area (TPSA) is 22.1 Å². The van der Waals surface area contributed by atoms with Crippen LogP contribution in [-0.2, 0) is 0 Å². The molecule has 0 saturated heterocycles. The fourth-order valence-electron chi connectivity index (χ4n) is 1.52. The van der Waals surface area contributed by atoms with E-state index in [1.165, 1.54) is 7.11 Å². The van der Waals surface area contributed by atoms with E-state index >= 15 is 0 Å². The average molecular weight is 233 g/mol. The van der Waals surface area contributed by atoms with Gasteiger partial charge in [-0.1, -0.05) is 12.0 Å². The molecule has 0 unspecified atom stereocenters. The number of benzene rings is 1. The summed E-state index contributed by atoms with van der Waals surface area (Å²) in [7, 11) is 1.51. The van der Waals surface area contributed by atoms with E-state index in [-0.39, 0.29) is 0 Å². The molecular formula is C13H9F2NO. The van der Waals surface area contributed by atoms with Crippen LogP contribution in [0.1, 0.15) is 5.56 Å². The van der Waals surface area contributed by atoms with Crippen molar-refractivity contribution in [2.24, 2.45) is 0 Å². The Kier molecular flexibility index (Phi) is 3.20. The van der Waals surface area contributed by atoms with Gasteiger partial charge in [0.2, 0.25) is 0 Å². The van der Waals surface area contributed by atoms with Gasteiger partial charge in [-0.2, -0.15) is 8.78 Å². The first-order chi connectivity index (χ1) is 8.20. The first-order valence-corrected chi connectivity index (χ1v) is 4.93. The molecule has 0 bridgehead atoms. The summed E-state index contributed by atoms with van der Waals surface area (Å²) in [5, 5.41) is 0.811. The van der Waals surface area contributed by atoms with Gasteiger partial charge in [-0.25, -0.2) is 0 Å². The molecule has 0 atom stereocenters. The molecule has 2 rings (SSSR count). The van der Waals surface area contributed by atoms with Crippen LogP contribution in [-0.4, -0.2) is 18.5 Å². The van der Waals surface area contributed by atoms with E-state index in [0.29, 0.717) is 16.8 Å². The molecular weight excluding hydrogens is 224 g/mol. The molecule has 0 aliphatic rings. The third kappa shape index (κ3) is 2.51. The van der Waals surface area contributed by atoms with E-state index in [9.17, 15) is 8.78 Å². The number of aromatic nitrogens is 1. The van der Waals surface area contributed by atoms with Crippen LogP contribution in [0.15, 0.2) is 30.5 Å². The van der Waals surface area contributed by atoms with Crippen LogP contribution < -0.4 is 4.74 Å². The van der Waals surface area contributed by atoms with Crippen LogP contribution in [0.2, 0.25) is 0 Å². The van der Waals surface area contributed by atoms with Crippen LogP contribution in [0.4, 0.5) is 8.78 Å². The van der Waals surface area contributed by atoms with E-state index in [4.69, 9.17) is 4.74 Å². The molecule has 4 heteroatoms. The quantitative estimate of drug-likeness (QED) is 0.706. The van der Waals surface area contributed by atoms with Crippen molar-refractivity contribution in [1.82, 2.24) is 4.98 Å². The molecule has 1 aromatic heterocycles. The third-order valence-corrected chi connectivity index (χ3v) is 2.22. The Morgan fingerprint density at radius 1 is 1.35 bits per heavy atom. The lowest BCUT2D eigenvalue weighted by Crippen LogP contribution is -1.89. The zero-order valence-corrected chi connectivity index (χ0v) is 9.08. The highest BCUT2D eigenvalue weighted by atomic mass is 19.3. The lowest BCUT2D eigenvalue weighted by Gasteiger charge is -2.04. The standard InChI is InChI=1S/C13H9F2NO/c1-17-11-8-9(4-5-12(14)15)7-10-3-2-6-16-13(10)11/h2-3,6-8,12H,1H3. The van der Waals surface area contributed by atoms with Gasteiger partial charge < -0.3 is 4.74 Å². The maximum Gasteiger partial charge on any atom is 0.299 e. The minimum Gasteiger partial charge on any atom is -0.494 e. The van der Waals surface area contributed by atoms with Gasteiger partial charge in [-0.3, -0.25) is 4.98 Å². The molecule has 0 aliphatic heterocycles. The number of halogens is 2. The molecule has 0 spiro atoms. The summed E-state index contributed by atoms with van der Waals surface area (Å²) in [6.07, 6.45) is -0.986. The number of pyridine rings is 1. The van der Waals surface area contributed by atoms with E-state index in [1.807, 2.05) is 12.0 Å². The first-order valence-electron chi connectivity index (χ1n) is 4.93. The Balaban J connectivity index is 2.58. The average Bonchev–Trinajstić information content (AvgIpc) is 2.35. The molecule has 0 fully saturated rings. The fraction of sp³-hybridized carbons (Fsp3) is 0.154. The predicted molar refractivity (Wildman–Crippen MR) is 61.2 cm³/mol. The van der Waals surface area contributed by atoms with Crippen LogP contribution in [0.3, 0.4) is 0 Å². The van der Waals surface area contributed by atoms with Gasteiger partial charge in [-0.05, 0) is 24.1 Å². The maximum absolute atomic E-state index is 12.0. The second kappa shape index (κ2) is 4.79. The Morgan fingerprint density at radius 2 is 2.18 bits per heavy atom. The Hall–Kier alpha value is -2.15. The van der Waals surface area contributed by atoms with E-state index in [0.717, 1.165) is 5.39 Å². The summed E-state index contributed by atoms with van der Waals surface area (Å²) in [6.45, 7) is 0. The number of methoxy groups -OCH3 is 1. The summed E-state index contributed by atoms with van der Waals surface area (Å²) >= 11 is 0. The van der Waals surface area contributed by atoms with E-state index in [2.05, 4.69) is 10.9 Å². The number of hydrogen-bond acceptors (Lipinski definition) is 2. The summed E-state index contributed by atoms with van der Waals surface area (Å²) in [5.74, 6) is 4.75. The minimum absolute atomic E-state index is 0.489. The van der Waals surface area contributed by atoms with Gasteiger partial charge in [0.15, 0.2) is 0 Å². The second-order valence-electron chi connectivity index (χ2n) is 3.32. The third-order valence-electron chi connectivity index (χ3n) is 2.22. The van der Waals surface area contributed by atoms with Crippen molar-refractivity contribution >= 4 is 10.9 Å². The van der Waals surface area contributed by atoms with Crippen molar-refractivity contribution in [3.63, 3.8) is 0 Å². The van der Waals surface area contributed by atoms with Crippen molar-refractivity contribution in [3.05, 3.63) is 36.0 Å². The molecule has 2 aromatic rings. The van der Waals surface area contributed by atoms with Gasteiger partial charge in [0, 0.05) is 17.1 Å². The molecule has 0 N–H and O–H groups in total. The van der Waals surface area contributed by atoms with Crippen LogP contribution >= 0.6 is 0 Å². The highest BCUT2D eigenvalue weighted by molar-refractivity contribution is 5.86. The Labute approximate surface area is 97.2 Å². The molecule has 17 heavy (non-hydrogen) atoms. The first kappa shape index (κ1) is 11.3. The normalized spacial score (nSPS) is 10.1. The van der Waals surface area contributed by atoms with Gasteiger partial charge in [0.1, 0.15) is 11.3 Å². The van der Waals surface area contributed by atoms with E-state index in [1.54, 1.807) is 24.4 Å². The Bertz CT molecular complexity index is 599. The van der Waals surface area contributed by atoms with Gasteiger partial charge in [-0.15, -0.1) is 0 Å². The lowest BCUT2D eigenvalue weighted by atomic mass is 10.1. The van der Waals surface area contributed by atoms with E-state index < -0.39 is 6.43 Å². The number of ether oxygens (including phenoxy) is 1. The van der Waals surface area contributed by atoms with Crippen LogP contribution in [0, 0.1) is 11.8 Å². The number of nitrogens with zero attached hydrogens (tertiary/aromatic N) is 1. The smallest absolute Gasteiger partial charge is 0.299 e. The number of rotatable bonds is 1. The summed E-state index contributed by atoms with van der Waals surface area (Å²) in [5.41, 5.74) is 1.18. The molecule has 1 aromatic carbocycles. The maximum atomic E-state index is 12.0. The van der Waals surface area contributed by atoms with Gasteiger partial charge >= 0.3 is 0 Å². The van der Waals surface area contributed by atoms with Crippen molar-refractivity contribution in [2.75, 3.05) is 7.11 Å². The zero-order valence-electron chi connectivity index (χ0n) is 9.08. The van der Waals surface area contributed by atoms with Crippen LogP contribution in [0.25, 0.3) is 10.9 Å². The summed E-state index contributed by atoms with van der Waals surface area (Å²) in [6, 6.07) is 6.91. The summed E-state index contributed by atoms with van der Waals surface area (Å²) < 4.78 is 29.2. The van der Waals surface area contributed by atoms with Crippen molar-refractivity contribution in [3.8, 4) is 17.6 Å². The minimum atomic E-state index is -2.63. The Morgan fingerprint density at radius 3 is 2.88 bits per heavy atom. The molecule has 0 saturated carbocycles. The lowest BCUT2D eigenvalue weighted by molar-refractivity contribution is 0.215. The largest absolute Gasteiger partial charge is 0.494 e. The molecule has 1 heterocycles. The molecule has 0 radical (unpaired) electrons. The fourth-order valence-corrected chi connectivity index (χ4v) is 1.52. The van der Waals surface area contributed by atoms with Gasteiger partial charge in [0.05, 0.1) is 7.11 Å². The van der Waals surface area contributed by atoms with Crippen molar-refractivity contribution < 1.29 is 13.5 Å². The highest BCUT2D eigenvalue weighted by Gasteiger charge is 2.04. The number of fused-ring (bicyclic) bond motifs is 1. The molecule has 0 amide bonds. The monoisotopic (exact) mass is 233 g/mol. The number of hydrogen-bond donors (Lipinski definition) is 0. The summed E-state index contributed by atoms with van der Waals surface area (Å²) in [4.78, 5) is 4.17. The van der Waals surface area contributed by atoms with Crippen molar-refractivity contribution in [2.45, 2.75) is 6.43 Å². The number of alkyl halides is 2. The SMILES string of the molecule is COc1cc(C#CC(F)F)cc2cccnc12. The second-order valence-corrected chi connectivity index (χ2v) is 3.32. The zero-order chi connectivity index (χ0) is 12.3. The van der Waals surface area contributed by atoms with Crippen molar-refractivity contribution in [1.29, 1.82) is 0 Å². The highest BCUT2D eigenvalue weighted by Crippen LogP contribution is 2.24. The van der Waals surface area contributed by atoms with Crippen LogP contribution in [0.5, 0.6) is 5.75 Å². The van der Waals surface area contributed by atoms with Gasteiger partial charge in [0.25, 0.3) is 6.43 Å². The molecule has 2 nitrogen and oxygen atoms in total.